The Morgan fingerprint density at radius 1 is 1.08 bits per heavy atom. The number of aromatic nitrogens is 3. The maximum Gasteiger partial charge on any atom is 0.191 e. The largest absolute Gasteiger partial charge is 0.497 e. The van der Waals surface area contributed by atoms with Gasteiger partial charge in [-0.25, -0.2) is 0 Å². The fourth-order valence-corrected chi connectivity index (χ4v) is 3.53. The number of hydrogen-bond acceptors (Lipinski definition) is 4. The zero-order chi connectivity index (χ0) is 16.9. The number of aryl methyl sites for hydroxylation is 1. The van der Waals surface area contributed by atoms with Crippen molar-refractivity contribution < 1.29 is 4.74 Å². The van der Waals surface area contributed by atoms with Crippen LogP contribution in [-0.4, -0.2) is 21.9 Å². The Hall–Kier alpha value is -2.27. The summed E-state index contributed by atoms with van der Waals surface area (Å²) in [5.74, 6) is 2.63. The van der Waals surface area contributed by atoms with E-state index in [1.165, 1.54) is 11.1 Å². The Kier molecular flexibility index (Phi) is 5.20. The molecule has 0 saturated carbocycles. The number of nitrogens with zero attached hydrogens (tertiary/aromatic N) is 3. The van der Waals surface area contributed by atoms with E-state index in [0.29, 0.717) is 0 Å². The quantitative estimate of drug-likeness (QED) is 0.617. The first kappa shape index (κ1) is 16.6. The van der Waals surface area contributed by atoms with Gasteiger partial charge in [-0.2, -0.15) is 0 Å². The first-order valence-electron chi connectivity index (χ1n) is 7.97. The Balaban J connectivity index is 1.81. The van der Waals surface area contributed by atoms with Crippen LogP contribution in [0.5, 0.6) is 5.75 Å². The molecule has 1 heterocycles. The molecule has 0 unspecified atom stereocenters. The van der Waals surface area contributed by atoms with E-state index in [1.54, 1.807) is 18.9 Å². The van der Waals surface area contributed by atoms with Crippen LogP contribution < -0.4 is 4.74 Å². The molecule has 0 saturated heterocycles. The smallest absolute Gasteiger partial charge is 0.191 e. The van der Waals surface area contributed by atoms with Crippen LogP contribution in [0.2, 0.25) is 0 Å². The van der Waals surface area contributed by atoms with Crippen molar-refractivity contribution in [1.29, 1.82) is 0 Å². The standard InChI is InChI=1S/C19H21N3OS/c1-4-22-18(16-8-10-17(23-3)11-9-16)20-21-19(22)24-13-15-7-5-6-14(2)12-15/h5-12H,4,13H2,1-3H3. The summed E-state index contributed by atoms with van der Waals surface area (Å²) in [6, 6.07) is 16.5. The van der Waals surface area contributed by atoms with Crippen molar-refractivity contribution in [3.63, 3.8) is 0 Å². The molecule has 0 N–H and O–H groups in total. The molecular weight excluding hydrogens is 318 g/mol. The third-order valence-corrected chi connectivity index (χ3v) is 4.87. The summed E-state index contributed by atoms with van der Waals surface area (Å²) < 4.78 is 7.37. The number of hydrogen-bond donors (Lipinski definition) is 0. The number of thioether (sulfide) groups is 1. The molecule has 1 aromatic heterocycles. The molecular formula is C19H21N3OS. The van der Waals surface area contributed by atoms with Gasteiger partial charge in [0.1, 0.15) is 5.75 Å². The van der Waals surface area contributed by atoms with Crippen LogP contribution in [-0.2, 0) is 12.3 Å². The van der Waals surface area contributed by atoms with E-state index in [-0.39, 0.29) is 0 Å². The van der Waals surface area contributed by atoms with E-state index < -0.39 is 0 Å². The van der Waals surface area contributed by atoms with Gasteiger partial charge in [0.2, 0.25) is 0 Å². The zero-order valence-corrected chi connectivity index (χ0v) is 15.0. The maximum atomic E-state index is 5.22. The van der Waals surface area contributed by atoms with E-state index >= 15 is 0 Å². The fourth-order valence-electron chi connectivity index (χ4n) is 2.58. The molecule has 0 aliphatic heterocycles. The SMILES string of the molecule is CCn1c(SCc2cccc(C)c2)nnc1-c1ccc(OC)cc1. The van der Waals surface area contributed by atoms with Crippen molar-refractivity contribution in [1.82, 2.24) is 14.8 Å². The minimum atomic E-state index is 0.838. The second kappa shape index (κ2) is 7.53. The Bertz CT molecular complexity index is 812. The average Bonchev–Trinajstić information content (AvgIpc) is 3.03. The molecule has 3 aromatic rings. The molecule has 0 aliphatic rings. The highest BCUT2D eigenvalue weighted by molar-refractivity contribution is 7.98. The van der Waals surface area contributed by atoms with Crippen molar-refractivity contribution in [2.45, 2.75) is 31.3 Å². The highest BCUT2D eigenvalue weighted by atomic mass is 32.2. The van der Waals surface area contributed by atoms with E-state index in [4.69, 9.17) is 4.74 Å². The summed E-state index contributed by atoms with van der Waals surface area (Å²) in [7, 11) is 1.67. The van der Waals surface area contributed by atoms with Gasteiger partial charge in [0.15, 0.2) is 11.0 Å². The number of ether oxygens (including phenoxy) is 1. The van der Waals surface area contributed by atoms with Gasteiger partial charge < -0.3 is 9.30 Å². The summed E-state index contributed by atoms with van der Waals surface area (Å²) in [5, 5.41) is 9.73. The van der Waals surface area contributed by atoms with Crippen molar-refractivity contribution in [3.05, 3.63) is 59.7 Å². The van der Waals surface area contributed by atoms with Crippen LogP contribution in [0.4, 0.5) is 0 Å². The second-order valence-electron chi connectivity index (χ2n) is 5.56. The van der Waals surface area contributed by atoms with Crippen LogP contribution in [0.1, 0.15) is 18.1 Å². The Morgan fingerprint density at radius 3 is 2.54 bits per heavy atom. The summed E-state index contributed by atoms with van der Waals surface area (Å²) in [5.41, 5.74) is 3.63. The molecule has 0 spiro atoms. The second-order valence-corrected chi connectivity index (χ2v) is 6.50. The molecule has 0 amide bonds. The van der Waals surface area contributed by atoms with Crippen molar-refractivity contribution >= 4 is 11.8 Å². The summed E-state index contributed by atoms with van der Waals surface area (Å²) in [6.45, 7) is 5.07. The van der Waals surface area contributed by atoms with Crippen LogP contribution in [0.15, 0.2) is 53.7 Å². The molecule has 0 atom stereocenters. The van der Waals surface area contributed by atoms with Gasteiger partial charge in [0.25, 0.3) is 0 Å². The molecule has 0 aliphatic carbocycles. The Labute approximate surface area is 146 Å². The van der Waals surface area contributed by atoms with Crippen molar-refractivity contribution in [2.75, 3.05) is 7.11 Å². The van der Waals surface area contributed by atoms with Gasteiger partial charge in [-0.3, -0.25) is 0 Å². The lowest BCUT2D eigenvalue weighted by Gasteiger charge is -2.08. The normalized spacial score (nSPS) is 10.8. The lowest BCUT2D eigenvalue weighted by molar-refractivity contribution is 0.415. The Morgan fingerprint density at radius 2 is 1.88 bits per heavy atom. The highest BCUT2D eigenvalue weighted by Gasteiger charge is 2.13. The average molecular weight is 339 g/mol. The summed E-state index contributed by atoms with van der Waals surface area (Å²) in [4.78, 5) is 0. The molecule has 0 fully saturated rings. The fraction of sp³-hybridized carbons (Fsp3) is 0.263. The third kappa shape index (κ3) is 3.62. The first-order valence-corrected chi connectivity index (χ1v) is 8.95. The van der Waals surface area contributed by atoms with Gasteiger partial charge >= 0.3 is 0 Å². The zero-order valence-electron chi connectivity index (χ0n) is 14.2. The van der Waals surface area contributed by atoms with E-state index in [9.17, 15) is 0 Å². The van der Waals surface area contributed by atoms with E-state index in [2.05, 4.69) is 52.9 Å². The summed E-state index contributed by atoms with van der Waals surface area (Å²) in [6.07, 6.45) is 0. The van der Waals surface area contributed by atoms with Crippen LogP contribution in [0.3, 0.4) is 0 Å². The van der Waals surface area contributed by atoms with Crippen LogP contribution >= 0.6 is 11.8 Å². The van der Waals surface area contributed by atoms with Crippen molar-refractivity contribution in [2.24, 2.45) is 0 Å². The molecule has 3 rings (SSSR count). The molecule has 124 valence electrons. The van der Waals surface area contributed by atoms with Crippen LogP contribution in [0, 0.1) is 6.92 Å². The molecule has 5 heteroatoms. The molecule has 0 bridgehead atoms. The third-order valence-electron chi connectivity index (χ3n) is 3.83. The van der Waals surface area contributed by atoms with Crippen molar-refractivity contribution in [3.8, 4) is 17.1 Å². The highest BCUT2D eigenvalue weighted by Crippen LogP contribution is 2.27. The van der Waals surface area contributed by atoms with Gasteiger partial charge in [-0.15, -0.1) is 10.2 Å². The lowest BCUT2D eigenvalue weighted by Crippen LogP contribution is -2.00. The van der Waals surface area contributed by atoms with Gasteiger partial charge in [-0.05, 0) is 43.7 Å². The maximum absolute atomic E-state index is 5.22. The monoisotopic (exact) mass is 339 g/mol. The molecule has 0 radical (unpaired) electrons. The molecule has 2 aromatic carbocycles. The minimum absolute atomic E-state index is 0.838. The van der Waals surface area contributed by atoms with E-state index in [0.717, 1.165) is 34.6 Å². The number of rotatable bonds is 6. The molecule has 24 heavy (non-hydrogen) atoms. The predicted molar refractivity (Wildman–Crippen MR) is 98.4 cm³/mol. The first-order chi connectivity index (χ1) is 11.7. The predicted octanol–water partition coefficient (Wildman–Crippen LogP) is 4.57. The number of methoxy groups -OCH3 is 1. The van der Waals surface area contributed by atoms with Crippen LogP contribution in [0.25, 0.3) is 11.4 Å². The molecule has 4 nitrogen and oxygen atoms in total. The van der Waals surface area contributed by atoms with E-state index in [1.807, 2.05) is 24.3 Å². The topological polar surface area (TPSA) is 39.9 Å². The van der Waals surface area contributed by atoms with Gasteiger partial charge in [-0.1, -0.05) is 41.6 Å². The summed E-state index contributed by atoms with van der Waals surface area (Å²) >= 11 is 1.72. The van der Waals surface area contributed by atoms with Gasteiger partial charge in [0, 0.05) is 17.9 Å². The minimum Gasteiger partial charge on any atom is -0.497 e. The van der Waals surface area contributed by atoms with Gasteiger partial charge in [0.05, 0.1) is 7.11 Å². The number of benzene rings is 2. The lowest BCUT2D eigenvalue weighted by atomic mass is 10.2.